The predicted octanol–water partition coefficient (Wildman–Crippen LogP) is 3.68. The molecule has 0 bridgehead atoms. The summed E-state index contributed by atoms with van der Waals surface area (Å²) in [6.45, 7) is 0. The number of carbonyl (C=O) groups excluding carboxylic acids is 1. The largest absolute Gasteiger partial charge is 0.351 e. The molecular weight excluding hydrogens is 422 g/mol. The standard InChI is InChI=1S/C20H12F2N8O2/c21-11-3-4-12(29-20(31)13-5-7-28-32-13)14(22)16(11)30-18-10(2-1-6-23-18)15-17-19(26-8-24-15)27-9-25-17/h1-9H,(H,23,30)(H,29,31)(H,24,25,26,27). The zero-order valence-corrected chi connectivity index (χ0v) is 16.0. The fourth-order valence-electron chi connectivity index (χ4n) is 3.06. The summed E-state index contributed by atoms with van der Waals surface area (Å²) in [5, 5.41) is 8.42. The van der Waals surface area contributed by atoms with Crippen LogP contribution in [0.1, 0.15) is 10.6 Å². The van der Waals surface area contributed by atoms with Crippen LogP contribution < -0.4 is 10.6 Å². The molecule has 32 heavy (non-hydrogen) atoms. The van der Waals surface area contributed by atoms with Crippen LogP contribution in [0.2, 0.25) is 0 Å². The minimum Gasteiger partial charge on any atom is -0.351 e. The van der Waals surface area contributed by atoms with E-state index in [1.807, 2.05) is 0 Å². The molecule has 12 heteroatoms. The van der Waals surface area contributed by atoms with Gasteiger partial charge in [0.2, 0.25) is 5.76 Å². The van der Waals surface area contributed by atoms with E-state index in [0.717, 1.165) is 12.1 Å². The Hall–Kier alpha value is -4.74. The van der Waals surface area contributed by atoms with E-state index in [4.69, 9.17) is 4.52 Å². The van der Waals surface area contributed by atoms with Crippen LogP contribution in [0.25, 0.3) is 22.4 Å². The van der Waals surface area contributed by atoms with Gasteiger partial charge in [-0.25, -0.2) is 28.7 Å². The van der Waals surface area contributed by atoms with Crippen LogP contribution in [-0.2, 0) is 0 Å². The third kappa shape index (κ3) is 3.39. The van der Waals surface area contributed by atoms with Gasteiger partial charge in [-0.15, -0.1) is 0 Å². The molecule has 0 saturated heterocycles. The number of hydrogen-bond acceptors (Lipinski definition) is 8. The number of H-pyrrole nitrogens is 1. The van der Waals surface area contributed by atoms with E-state index in [2.05, 4.69) is 40.7 Å². The maximum absolute atomic E-state index is 15.1. The number of benzene rings is 1. The number of rotatable bonds is 5. The number of halogens is 2. The quantitative estimate of drug-likeness (QED) is 0.381. The first-order chi connectivity index (χ1) is 15.6. The fraction of sp³-hybridized carbons (Fsp3) is 0. The lowest BCUT2D eigenvalue weighted by Gasteiger charge is -2.14. The first-order valence-electron chi connectivity index (χ1n) is 9.18. The van der Waals surface area contributed by atoms with Crippen molar-refractivity contribution in [3.05, 3.63) is 72.8 Å². The third-order valence-corrected chi connectivity index (χ3v) is 4.53. The summed E-state index contributed by atoms with van der Waals surface area (Å²) in [6, 6.07) is 6.77. The van der Waals surface area contributed by atoms with Crippen molar-refractivity contribution in [2.45, 2.75) is 0 Å². The molecule has 1 amide bonds. The van der Waals surface area contributed by atoms with Crippen LogP contribution >= 0.6 is 0 Å². The molecule has 4 aromatic heterocycles. The Morgan fingerprint density at radius 2 is 1.94 bits per heavy atom. The first-order valence-corrected chi connectivity index (χ1v) is 9.18. The van der Waals surface area contributed by atoms with Crippen LogP contribution in [0.4, 0.5) is 26.0 Å². The summed E-state index contributed by atoms with van der Waals surface area (Å²) in [7, 11) is 0. The van der Waals surface area contributed by atoms with E-state index in [9.17, 15) is 9.18 Å². The number of fused-ring (bicyclic) bond motifs is 1. The van der Waals surface area contributed by atoms with Gasteiger partial charge < -0.3 is 20.1 Å². The fourth-order valence-corrected chi connectivity index (χ4v) is 3.06. The molecule has 3 N–H and O–H groups in total. The van der Waals surface area contributed by atoms with E-state index in [0.29, 0.717) is 22.4 Å². The second-order valence-electron chi connectivity index (χ2n) is 6.46. The Morgan fingerprint density at radius 1 is 1.03 bits per heavy atom. The summed E-state index contributed by atoms with van der Waals surface area (Å²) in [5.41, 5.74) is 1.11. The van der Waals surface area contributed by atoms with Gasteiger partial charge in [-0.2, -0.15) is 0 Å². The third-order valence-electron chi connectivity index (χ3n) is 4.53. The van der Waals surface area contributed by atoms with E-state index in [-0.39, 0.29) is 17.3 Å². The highest BCUT2D eigenvalue weighted by Gasteiger charge is 2.20. The highest BCUT2D eigenvalue weighted by Crippen LogP contribution is 2.33. The van der Waals surface area contributed by atoms with Crippen LogP contribution in [0.3, 0.4) is 0 Å². The number of amides is 1. The van der Waals surface area contributed by atoms with Gasteiger partial charge in [0.1, 0.15) is 34.9 Å². The van der Waals surface area contributed by atoms with Crippen molar-refractivity contribution >= 4 is 34.3 Å². The number of nitrogens with zero attached hydrogens (tertiary/aromatic N) is 5. The minimum absolute atomic E-state index is 0.123. The average Bonchev–Trinajstić information content (AvgIpc) is 3.51. The molecule has 0 fully saturated rings. The maximum Gasteiger partial charge on any atom is 0.294 e. The molecule has 158 valence electrons. The number of anilines is 3. The predicted molar refractivity (Wildman–Crippen MR) is 109 cm³/mol. The number of aromatic nitrogens is 6. The first kappa shape index (κ1) is 19.2. The summed E-state index contributed by atoms with van der Waals surface area (Å²) in [6.07, 6.45) is 5.53. The van der Waals surface area contributed by atoms with Crippen LogP contribution in [0.15, 0.2) is 59.9 Å². The number of imidazole rings is 1. The van der Waals surface area contributed by atoms with Crippen molar-refractivity contribution in [1.29, 1.82) is 0 Å². The molecule has 0 radical (unpaired) electrons. The molecule has 5 aromatic rings. The van der Waals surface area contributed by atoms with Crippen molar-refractivity contribution in [3.8, 4) is 11.3 Å². The van der Waals surface area contributed by atoms with E-state index < -0.39 is 23.2 Å². The molecule has 0 atom stereocenters. The molecule has 0 unspecified atom stereocenters. The number of pyridine rings is 1. The van der Waals surface area contributed by atoms with Crippen LogP contribution in [0, 0.1) is 11.6 Å². The van der Waals surface area contributed by atoms with Gasteiger partial charge in [0.15, 0.2) is 11.5 Å². The van der Waals surface area contributed by atoms with E-state index >= 15 is 4.39 Å². The Balaban J connectivity index is 1.53. The molecular formula is C20H12F2N8O2. The summed E-state index contributed by atoms with van der Waals surface area (Å²) in [4.78, 5) is 31.7. The maximum atomic E-state index is 15.1. The Kier molecular flexibility index (Phi) is 4.71. The van der Waals surface area contributed by atoms with Crippen molar-refractivity contribution in [2.75, 3.05) is 10.6 Å². The number of hydrogen-bond donors (Lipinski definition) is 3. The number of carbonyl (C=O) groups is 1. The molecule has 5 rings (SSSR count). The average molecular weight is 434 g/mol. The smallest absolute Gasteiger partial charge is 0.294 e. The zero-order valence-electron chi connectivity index (χ0n) is 16.0. The molecule has 0 aliphatic rings. The molecule has 1 aromatic carbocycles. The number of nitrogens with one attached hydrogen (secondary N) is 3. The van der Waals surface area contributed by atoms with Crippen molar-refractivity contribution in [1.82, 2.24) is 30.1 Å². The minimum atomic E-state index is -1.02. The molecule has 10 nitrogen and oxygen atoms in total. The lowest BCUT2D eigenvalue weighted by molar-refractivity contribution is 0.0987. The Labute approximate surface area is 177 Å². The van der Waals surface area contributed by atoms with Crippen molar-refractivity contribution < 1.29 is 18.1 Å². The lowest BCUT2D eigenvalue weighted by Crippen LogP contribution is -2.13. The molecule has 0 aliphatic carbocycles. The topological polar surface area (TPSA) is 135 Å². The second-order valence-corrected chi connectivity index (χ2v) is 6.46. The molecule has 4 heterocycles. The van der Waals surface area contributed by atoms with E-state index in [1.165, 1.54) is 31.1 Å². The van der Waals surface area contributed by atoms with Crippen LogP contribution in [-0.4, -0.2) is 36.0 Å². The normalized spacial score (nSPS) is 10.9. The zero-order chi connectivity index (χ0) is 22.1. The second kappa shape index (κ2) is 7.83. The molecule has 0 spiro atoms. The van der Waals surface area contributed by atoms with Gasteiger partial charge in [0, 0.05) is 17.8 Å². The van der Waals surface area contributed by atoms with Gasteiger partial charge in [-0.1, -0.05) is 5.16 Å². The lowest BCUT2D eigenvalue weighted by atomic mass is 10.1. The SMILES string of the molecule is O=C(Nc1ccc(F)c(Nc2ncccc2-c2ncnc3nc[nH]c23)c1F)c1ccno1. The monoisotopic (exact) mass is 434 g/mol. The van der Waals surface area contributed by atoms with Gasteiger partial charge >= 0.3 is 0 Å². The molecule has 0 aliphatic heterocycles. The number of aromatic amines is 1. The van der Waals surface area contributed by atoms with E-state index in [1.54, 1.807) is 12.1 Å². The van der Waals surface area contributed by atoms with Gasteiger partial charge in [-0.05, 0) is 24.3 Å². The highest BCUT2D eigenvalue weighted by atomic mass is 19.1. The molecule has 0 saturated carbocycles. The van der Waals surface area contributed by atoms with Crippen LogP contribution in [0.5, 0.6) is 0 Å². The summed E-state index contributed by atoms with van der Waals surface area (Å²) >= 11 is 0. The highest BCUT2D eigenvalue weighted by molar-refractivity contribution is 6.02. The summed E-state index contributed by atoms with van der Waals surface area (Å²) in [5.74, 6) is -2.63. The Morgan fingerprint density at radius 3 is 2.78 bits per heavy atom. The summed E-state index contributed by atoms with van der Waals surface area (Å²) < 4.78 is 34.4. The van der Waals surface area contributed by atoms with Crippen molar-refractivity contribution in [3.63, 3.8) is 0 Å². The van der Waals surface area contributed by atoms with Gasteiger partial charge in [0.25, 0.3) is 5.91 Å². The van der Waals surface area contributed by atoms with Gasteiger partial charge in [0.05, 0.1) is 18.2 Å². The van der Waals surface area contributed by atoms with Gasteiger partial charge in [-0.3, -0.25) is 4.79 Å². The Bertz CT molecular complexity index is 1440. The van der Waals surface area contributed by atoms with Crippen molar-refractivity contribution in [2.24, 2.45) is 0 Å².